The van der Waals surface area contributed by atoms with Crippen molar-refractivity contribution in [3.63, 3.8) is 0 Å². The zero-order valence-corrected chi connectivity index (χ0v) is 14.5. The Morgan fingerprint density at radius 1 is 1.32 bits per heavy atom. The van der Waals surface area contributed by atoms with E-state index in [1.165, 1.54) is 0 Å². The molecule has 0 aliphatic carbocycles. The van der Waals surface area contributed by atoms with E-state index < -0.39 is 0 Å². The highest BCUT2D eigenvalue weighted by Crippen LogP contribution is 2.23. The van der Waals surface area contributed by atoms with Crippen molar-refractivity contribution in [2.45, 2.75) is 13.0 Å². The number of hydrogen-bond acceptors (Lipinski definition) is 6. The van der Waals surface area contributed by atoms with E-state index in [0.29, 0.717) is 31.2 Å². The fourth-order valence-corrected chi connectivity index (χ4v) is 2.93. The van der Waals surface area contributed by atoms with Gasteiger partial charge in [0, 0.05) is 25.7 Å². The van der Waals surface area contributed by atoms with E-state index in [9.17, 15) is 4.79 Å². The maximum Gasteiger partial charge on any atom is 0.273 e. The van der Waals surface area contributed by atoms with Crippen LogP contribution in [0.25, 0.3) is 0 Å². The number of ether oxygens (including phenoxy) is 2. The summed E-state index contributed by atoms with van der Waals surface area (Å²) in [5.74, 6) is 1.19. The molecule has 25 heavy (non-hydrogen) atoms. The summed E-state index contributed by atoms with van der Waals surface area (Å²) >= 11 is 0. The molecule has 1 atom stereocenters. The van der Waals surface area contributed by atoms with E-state index in [0.717, 1.165) is 24.4 Å². The second-order valence-electron chi connectivity index (χ2n) is 5.97. The summed E-state index contributed by atoms with van der Waals surface area (Å²) < 4.78 is 15.6. The second-order valence-corrected chi connectivity index (χ2v) is 5.97. The number of aromatic nitrogens is 1. The molecule has 1 fully saturated rings. The summed E-state index contributed by atoms with van der Waals surface area (Å²) in [6.07, 6.45) is 0. The van der Waals surface area contributed by atoms with Gasteiger partial charge in [0.2, 0.25) is 0 Å². The molecule has 0 radical (unpaired) electrons. The van der Waals surface area contributed by atoms with E-state index in [2.05, 4.69) is 15.4 Å². The lowest BCUT2D eigenvalue weighted by Crippen LogP contribution is -2.43. The first-order valence-electron chi connectivity index (χ1n) is 8.34. The van der Waals surface area contributed by atoms with Crippen molar-refractivity contribution < 1.29 is 18.8 Å². The smallest absolute Gasteiger partial charge is 0.273 e. The maximum atomic E-state index is 12.3. The van der Waals surface area contributed by atoms with Crippen molar-refractivity contribution in [2.75, 3.05) is 40.0 Å². The van der Waals surface area contributed by atoms with Gasteiger partial charge in [-0.1, -0.05) is 17.3 Å². The van der Waals surface area contributed by atoms with Crippen molar-refractivity contribution in [1.82, 2.24) is 15.4 Å². The van der Waals surface area contributed by atoms with Gasteiger partial charge >= 0.3 is 0 Å². The third-order valence-electron chi connectivity index (χ3n) is 4.30. The molecule has 1 aromatic carbocycles. The number of carbonyl (C=O) groups excluding carboxylic acids is 1. The Bertz CT molecular complexity index is 693. The van der Waals surface area contributed by atoms with Gasteiger partial charge in [-0.05, 0) is 24.6 Å². The Labute approximate surface area is 146 Å². The Balaban J connectivity index is 1.72. The number of aryl methyl sites for hydroxylation is 1. The predicted molar refractivity (Wildman–Crippen MR) is 91.7 cm³/mol. The van der Waals surface area contributed by atoms with E-state index in [4.69, 9.17) is 14.0 Å². The van der Waals surface area contributed by atoms with E-state index in [-0.39, 0.29) is 11.9 Å². The molecule has 2 aromatic rings. The molecule has 3 rings (SSSR count). The maximum absolute atomic E-state index is 12.3. The quantitative estimate of drug-likeness (QED) is 0.860. The number of hydrogen-bond donors (Lipinski definition) is 1. The zero-order valence-electron chi connectivity index (χ0n) is 14.5. The van der Waals surface area contributed by atoms with Crippen LogP contribution in [0.15, 0.2) is 34.9 Å². The fourth-order valence-electron chi connectivity index (χ4n) is 2.93. The number of amides is 1. The Morgan fingerprint density at radius 3 is 2.64 bits per heavy atom. The van der Waals surface area contributed by atoms with Crippen LogP contribution in [0.1, 0.15) is 27.9 Å². The van der Waals surface area contributed by atoms with Gasteiger partial charge in [-0.25, -0.2) is 0 Å². The molecule has 1 unspecified atom stereocenters. The molecule has 7 nitrogen and oxygen atoms in total. The van der Waals surface area contributed by atoms with Crippen molar-refractivity contribution in [2.24, 2.45) is 0 Å². The molecular weight excluding hydrogens is 322 g/mol. The Morgan fingerprint density at radius 2 is 2.04 bits per heavy atom. The lowest BCUT2D eigenvalue weighted by atomic mass is 10.0. The van der Waals surface area contributed by atoms with Gasteiger partial charge in [0.15, 0.2) is 5.69 Å². The van der Waals surface area contributed by atoms with Gasteiger partial charge in [0.25, 0.3) is 5.91 Å². The van der Waals surface area contributed by atoms with Crippen LogP contribution in [0.5, 0.6) is 5.75 Å². The van der Waals surface area contributed by atoms with Gasteiger partial charge in [0.05, 0.1) is 26.4 Å². The highest BCUT2D eigenvalue weighted by atomic mass is 16.5. The number of morpholine rings is 1. The van der Waals surface area contributed by atoms with Gasteiger partial charge in [-0.3, -0.25) is 9.69 Å². The first kappa shape index (κ1) is 17.4. The minimum absolute atomic E-state index is 0.0618. The molecule has 1 N–H and O–H groups in total. The van der Waals surface area contributed by atoms with E-state index in [1.54, 1.807) is 20.1 Å². The van der Waals surface area contributed by atoms with Crippen LogP contribution >= 0.6 is 0 Å². The molecule has 0 saturated carbocycles. The van der Waals surface area contributed by atoms with Crippen LogP contribution < -0.4 is 10.1 Å². The largest absolute Gasteiger partial charge is 0.497 e. The molecule has 1 aliphatic heterocycles. The molecule has 2 heterocycles. The average molecular weight is 345 g/mol. The third-order valence-corrected chi connectivity index (χ3v) is 4.30. The molecule has 1 saturated heterocycles. The third kappa shape index (κ3) is 4.37. The monoisotopic (exact) mass is 345 g/mol. The average Bonchev–Trinajstić information content (AvgIpc) is 3.10. The SMILES string of the molecule is COc1ccc(C(CNC(=O)c2cc(C)on2)N2CCOCC2)cc1. The van der Waals surface area contributed by atoms with Crippen molar-refractivity contribution in [1.29, 1.82) is 0 Å². The second kappa shape index (κ2) is 8.13. The van der Waals surface area contributed by atoms with Crippen LogP contribution in [0, 0.1) is 6.92 Å². The first-order chi connectivity index (χ1) is 12.2. The zero-order chi connectivity index (χ0) is 17.6. The highest BCUT2D eigenvalue weighted by molar-refractivity contribution is 5.92. The summed E-state index contributed by atoms with van der Waals surface area (Å²) in [7, 11) is 1.65. The molecule has 1 aromatic heterocycles. The number of methoxy groups -OCH3 is 1. The standard InChI is InChI=1S/C18H23N3O4/c1-13-11-16(20-25-13)18(22)19-12-17(21-7-9-24-10-8-21)14-3-5-15(23-2)6-4-14/h3-6,11,17H,7-10,12H2,1-2H3,(H,19,22). The van der Waals surface area contributed by atoms with Gasteiger partial charge in [-0.2, -0.15) is 0 Å². The highest BCUT2D eigenvalue weighted by Gasteiger charge is 2.24. The van der Waals surface area contributed by atoms with Crippen LogP contribution in [0.2, 0.25) is 0 Å². The topological polar surface area (TPSA) is 76.8 Å². The number of nitrogens with zero attached hydrogens (tertiary/aromatic N) is 2. The minimum atomic E-state index is -0.233. The minimum Gasteiger partial charge on any atom is -0.497 e. The molecule has 7 heteroatoms. The summed E-state index contributed by atoms with van der Waals surface area (Å²) in [6.45, 7) is 5.30. The van der Waals surface area contributed by atoms with E-state index in [1.807, 2.05) is 24.3 Å². The Hall–Kier alpha value is -2.38. The lowest BCUT2D eigenvalue weighted by Gasteiger charge is -2.34. The summed E-state index contributed by atoms with van der Waals surface area (Å²) in [5.41, 5.74) is 1.42. The molecule has 1 amide bonds. The van der Waals surface area contributed by atoms with Crippen LogP contribution in [0.4, 0.5) is 0 Å². The Kier molecular flexibility index (Phi) is 5.67. The summed E-state index contributed by atoms with van der Waals surface area (Å²) in [6, 6.07) is 9.63. The molecule has 0 bridgehead atoms. The van der Waals surface area contributed by atoms with Crippen molar-refractivity contribution in [3.8, 4) is 5.75 Å². The normalized spacial score (nSPS) is 16.4. The fraction of sp³-hybridized carbons (Fsp3) is 0.444. The molecule has 134 valence electrons. The van der Waals surface area contributed by atoms with Crippen molar-refractivity contribution in [3.05, 3.63) is 47.3 Å². The summed E-state index contributed by atoms with van der Waals surface area (Å²) in [4.78, 5) is 14.6. The van der Waals surface area contributed by atoms with Crippen LogP contribution in [-0.2, 0) is 4.74 Å². The number of carbonyl (C=O) groups is 1. The van der Waals surface area contributed by atoms with Crippen LogP contribution in [-0.4, -0.2) is 55.9 Å². The molecule has 0 spiro atoms. The van der Waals surface area contributed by atoms with E-state index >= 15 is 0 Å². The predicted octanol–water partition coefficient (Wildman–Crippen LogP) is 1.79. The van der Waals surface area contributed by atoms with Crippen molar-refractivity contribution >= 4 is 5.91 Å². The van der Waals surface area contributed by atoms with Gasteiger partial charge in [0.1, 0.15) is 11.5 Å². The lowest BCUT2D eigenvalue weighted by molar-refractivity contribution is 0.0162. The first-order valence-corrected chi connectivity index (χ1v) is 8.34. The number of rotatable bonds is 6. The summed E-state index contributed by atoms with van der Waals surface area (Å²) in [5, 5.41) is 6.73. The van der Waals surface area contributed by atoms with Gasteiger partial charge < -0.3 is 19.3 Å². The molecular formula is C18H23N3O4. The van der Waals surface area contributed by atoms with Gasteiger partial charge in [-0.15, -0.1) is 0 Å². The number of nitrogens with one attached hydrogen (secondary N) is 1. The number of benzene rings is 1. The van der Waals surface area contributed by atoms with Crippen LogP contribution in [0.3, 0.4) is 0 Å². The molecule has 1 aliphatic rings.